The summed E-state index contributed by atoms with van der Waals surface area (Å²) in [5.41, 5.74) is 2.67. The van der Waals surface area contributed by atoms with Gasteiger partial charge in [0.1, 0.15) is 6.23 Å². The molecule has 0 saturated carbocycles. The Hall–Kier alpha value is -1.87. The number of nitrogens with zero attached hydrogens (tertiary/aromatic N) is 1. The van der Waals surface area contributed by atoms with Gasteiger partial charge in [0.2, 0.25) is 0 Å². The van der Waals surface area contributed by atoms with Crippen molar-refractivity contribution in [3.05, 3.63) is 59.5 Å². The summed E-state index contributed by atoms with van der Waals surface area (Å²) in [6.45, 7) is 14.9. The van der Waals surface area contributed by atoms with Crippen LogP contribution in [0.3, 0.4) is 0 Å². The molecule has 0 aromatic rings. The zero-order valence-electron chi connectivity index (χ0n) is 20.0. The lowest BCUT2D eigenvalue weighted by atomic mass is 9.70. The first kappa shape index (κ1) is 24.4. The molecule has 0 bridgehead atoms. The maximum Gasteiger partial charge on any atom is 0.185 e. The first-order valence-electron chi connectivity index (χ1n) is 11.4. The summed E-state index contributed by atoms with van der Waals surface area (Å²) >= 11 is 0. The van der Waals surface area contributed by atoms with Crippen LogP contribution in [0.25, 0.3) is 0 Å². The number of carbonyl (C=O) groups excluding carboxylic acids is 1. The summed E-state index contributed by atoms with van der Waals surface area (Å²) in [5.74, 6) is 0.419. The van der Waals surface area contributed by atoms with Crippen LogP contribution in [-0.2, 0) is 4.79 Å². The molecule has 1 N–H and O–H groups in total. The predicted octanol–water partition coefficient (Wildman–Crippen LogP) is 6.69. The zero-order chi connectivity index (χ0) is 22.5. The molecule has 1 heterocycles. The number of allylic oxidation sites excluding steroid dienone is 8. The lowest BCUT2D eigenvalue weighted by Crippen LogP contribution is -2.29. The quantitative estimate of drug-likeness (QED) is 0.475. The molecule has 3 nitrogen and oxygen atoms in total. The minimum atomic E-state index is -0.454. The van der Waals surface area contributed by atoms with Crippen LogP contribution in [0, 0.1) is 16.7 Å². The Kier molecular flexibility index (Phi) is 8.10. The predicted molar refractivity (Wildman–Crippen MR) is 127 cm³/mol. The van der Waals surface area contributed by atoms with Crippen molar-refractivity contribution >= 4 is 5.78 Å². The van der Waals surface area contributed by atoms with Gasteiger partial charge in [-0.1, -0.05) is 79.5 Å². The van der Waals surface area contributed by atoms with E-state index in [2.05, 4.69) is 78.8 Å². The SMILES string of the molecule is CCCCCC(O)N1C=CC(=CCC2C=C(C(C)(C)C)C(=O)C(C(C)(C)C)=C2)C=C1. The minimum absolute atomic E-state index is 0.160. The number of aliphatic hydroxyl groups is 1. The van der Waals surface area contributed by atoms with E-state index in [1.54, 1.807) is 0 Å². The molecule has 0 radical (unpaired) electrons. The van der Waals surface area contributed by atoms with Gasteiger partial charge in [-0.25, -0.2) is 0 Å². The van der Waals surface area contributed by atoms with Crippen molar-refractivity contribution in [2.75, 3.05) is 0 Å². The van der Waals surface area contributed by atoms with Crippen LogP contribution >= 0.6 is 0 Å². The lowest BCUT2D eigenvalue weighted by molar-refractivity contribution is -0.114. The fourth-order valence-electron chi connectivity index (χ4n) is 3.87. The van der Waals surface area contributed by atoms with Crippen molar-refractivity contribution in [3.63, 3.8) is 0 Å². The van der Waals surface area contributed by atoms with Gasteiger partial charge in [-0.15, -0.1) is 0 Å². The number of carbonyl (C=O) groups is 1. The van der Waals surface area contributed by atoms with Gasteiger partial charge in [-0.2, -0.15) is 0 Å². The number of ketones is 1. The standard InChI is InChI=1S/C27H41NO2/c1-8-9-10-11-24(29)28-16-14-20(15-17-28)12-13-21-18-22(26(2,3)4)25(30)23(19-21)27(5,6)7/h12,14-19,21,24,29H,8-11,13H2,1-7H3. The van der Waals surface area contributed by atoms with Crippen LogP contribution < -0.4 is 0 Å². The Morgan fingerprint density at radius 2 is 1.53 bits per heavy atom. The molecule has 0 amide bonds. The number of Topliss-reactive ketones (excluding diaryl/α,β-unsaturated/α-hetero) is 1. The van der Waals surface area contributed by atoms with Crippen molar-refractivity contribution < 1.29 is 9.90 Å². The Labute approximate surface area is 183 Å². The van der Waals surface area contributed by atoms with Gasteiger partial charge in [0.25, 0.3) is 0 Å². The van der Waals surface area contributed by atoms with E-state index in [0.717, 1.165) is 48.8 Å². The number of hydrogen-bond donors (Lipinski definition) is 1. The van der Waals surface area contributed by atoms with E-state index >= 15 is 0 Å². The summed E-state index contributed by atoms with van der Waals surface area (Å²) in [6.07, 6.45) is 19.1. The smallest absolute Gasteiger partial charge is 0.185 e. The summed E-state index contributed by atoms with van der Waals surface area (Å²) in [5, 5.41) is 10.3. The highest BCUT2D eigenvalue weighted by Gasteiger charge is 2.34. The number of aliphatic hydroxyl groups excluding tert-OH is 1. The van der Waals surface area contributed by atoms with Gasteiger partial charge < -0.3 is 10.0 Å². The minimum Gasteiger partial charge on any atom is -0.373 e. The average Bonchev–Trinajstić information content (AvgIpc) is 2.65. The molecule has 0 fully saturated rings. The molecular formula is C27H41NO2. The monoisotopic (exact) mass is 411 g/mol. The second-order valence-corrected chi connectivity index (χ2v) is 10.6. The molecule has 0 spiro atoms. The van der Waals surface area contributed by atoms with Crippen molar-refractivity contribution in [3.8, 4) is 0 Å². The fourth-order valence-corrected chi connectivity index (χ4v) is 3.87. The molecule has 1 aliphatic heterocycles. The largest absolute Gasteiger partial charge is 0.373 e. The molecule has 30 heavy (non-hydrogen) atoms. The molecule has 0 aromatic carbocycles. The van der Waals surface area contributed by atoms with E-state index in [1.807, 2.05) is 17.3 Å². The summed E-state index contributed by atoms with van der Waals surface area (Å²) in [6, 6.07) is 0. The van der Waals surface area contributed by atoms with Crippen LogP contribution in [0.2, 0.25) is 0 Å². The zero-order valence-corrected chi connectivity index (χ0v) is 20.0. The van der Waals surface area contributed by atoms with E-state index in [-0.39, 0.29) is 22.5 Å². The van der Waals surface area contributed by atoms with E-state index in [1.165, 1.54) is 0 Å². The number of hydrogen-bond acceptors (Lipinski definition) is 3. The molecular weight excluding hydrogens is 370 g/mol. The third-order valence-electron chi connectivity index (χ3n) is 5.78. The lowest BCUT2D eigenvalue weighted by Gasteiger charge is -2.33. The highest BCUT2D eigenvalue weighted by molar-refractivity contribution is 6.10. The first-order valence-corrected chi connectivity index (χ1v) is 11.4. The van der Waals surface area contributed by atoms with Crippen LogP contribution in [0.5, 0.6) is 0 Å². The first-order chi connectivity index (χ1) is 13.9. The Balaban J connectivity index is 2.10. The fraction of sp³-hybridized carbons (Fsp3) is 0.593. The summed E-state index contributed by atoms with van der Waals surface area (Å²) < 4.78 is 0. The van der Waals surface area contributed by atoms with Gasteiger partial charge in [-0.05, 0) is 53.7 Å². The molecule has 0 aromatic heterocycles. The van der Waals surface area contributed by atoms with Gasteiger partial charge in [0.05, 0.1) is 0 Å². The Morgan fingerprint density at radius 3 is 2.00 bits per heavy atom. The third-order valence-corrected chi connectivity index (χ3v) is 5.78. The van der Waals surface area contributed by atoms with Gasteiger partial charge in [0, 0.05) is 23.5 Å². The molecule has 166 valence electrons. The van der Waals surface area contributed by atoms with Crippen molar-refractivity contribution in [1.29, 1.82) is 0 Å². The van der Waals surface area contributed by atoms with Crippen molar-refractivity contribution in [2.24, 2.45) is 16.7 Å². The molecule has 2 rings (SSSR count). The maximum absolute atomic E-state index is 13.1. The second-order valence-electron chi connectivity index (χ2n) is 10.6. The van der Waals surface area contributed by atoms with Gasteiger partial charge >= 0.3 is 0 Å². The topological polar surface area (TPSA) is 40.5 Å². The van der Waals surface area contributed by atoms with Crippen molar-refractivity contribution in [2.45, 2.75) is 86.8 Å². The molecule has 1 unspecified atom stereocenters. The molecule has 0 saturated heterocycles. The van der Waals surface area contributed by atoms with E-state index < -0.39 is 6.23 Å². The second kappa shape index (κ2) is 9.96. The summed E-state index contributed by atoms with van der Waals surface area (Å²) in [7, 11) is 0. The normalized spacial score (nSPS) is 19.1. The molecule has 1 aliphatic carbocycles. The van der Waals surface area contributed by atoms with Gasteiger partial charge in [0.15, 0.2) is 5.78 Å². The number of unbranched alkanes of at least 4 members (excludes halogenated alkanes) is 2. The molecule has 3 heteroatoms. The highest BCUT2D eigenvalue weighted by atomic mass is 16.3. The molecule has 1 atom stereocenters. The Bertz CT molecular complexity index is 716. The van der Waals surface area contributed by atoms with E-state index in [9.17, 15) is 9.90 Å². The van der Waals surface area contributed by atoms with Crippen molar-refractivity contribution in [1.82, 2.24) is 4.90 Å². The number of rotatable bonds is 7. The van der Waals surface area contributed by atoms with Crippen LogP contribution in [0.1, 0.15) is 80.6 Å². The average molecular weight is 412 g/mol. The maximum atomic E-state index is 13.1. The van der Waals surface area contributed by atoms with Crippen LogP contribution in [0.15, 0.2) is 59.5 Å². The van der Waals surface area contributed by atoms with E-state index in [4.69, 9.17) is 0 Å². The highest BCUT2D eigenvalue weighted by Crippen LogP contribution is 2.39. The third kappa shape index (κ3) is 6.57. The summed E-state index contributed by atoms with van der Waals surface area (Å²) in [4.78, 5) is 14.9. The Morgan fingerprint density at radius 1 is 1.00 bits per heavy atom. The van der Waals surface area contributed by atoms with Gasteiger partial charge in [-0.3, -0.25) is 4.79 Å². The van der Waals surface area contributed by atoms with Crippen LogP contribution in [0.4, 0.5) is 0 Å². The van der Waals surface area contributed by atoms with E-state index in [0.29, 0.717) is 0 Å². The molecule has 2 aliphatic rings. The van der Waals surface area contributed by atoms with Crippen LogP contribution in [-0.4, -0.2) is 22.0 Å².